The minimum atomic E-state index is -0.872. The van der Waals surface area contributed by atoms with Crippen LogP contribution in [-0.2, 0) is 17.3 Å². The summed E-state index contributed by atoms with van der Waals surface area (Å²) in [7, 11) is 0.683. The molecule has 0 saturated heterocycles. The molecule has 0 amide bonds. The summed E-state index contributed by atoms with van der Waals surface area (Å²) in [6.07, 6.45) is 1.66. The molecule has 0 aliphatic heterocycles. The molecule has 2 rings (SSSR count). The molecule has 0 bridgehead atoms. The van der Waals surface area contributed by atoms with Crippen LogP contribution < -0.4 is 10.5 Å². The molecule has 2 N–H and O–H groups in total. The van der Waals surface area contributed by atoms with Gasteiger partial charge in [0.2, 0.25) is 11.8 Å². The maximum atomic E-state index is 11.1. The van der Waals surface area contributed by atoms with E-state index in [0.717, 1.165) is 0 Å². The number of nitrogens with zero attached hydrogens (tertiary/aromatic N) is 3. The molecule has 7 heteroatoms. The van der Waals surface area contributed by atoms with Gasteiger partial charge in [-0.25, -0.2) is 4.98 Å². The second-order valence-corrected chi connectivity index (χ2v) is 5.15. The van der Waals surface area contributed by atoms with Crippen LogP contribution in [0, 0.1) is 0 Å². The average molecular weight is 254 g/mol. The fraction of sp³-hybridized carbons (Fsp3) is 0.400. The first-order chi connectivity index (χ1) is 8.11. The van der Waals surface area contributed by atoms with Gasteiger partial charge in [0.15, 0.2) is 5.65 Å². The highest BCUT2D eigenvalue weighted by Gasteiger charge is 2.10. The van der Waals surface area contributed by atoms with Crippen LogP contribution in [0.15, 0.2) is 12.1 Å². The van der Waals surface area contributed by atoms with Crippen molar-refractivity contribution >= 4 is 27.9 Å². The number of pyridine rings is 1. The number of methoxy groups -OCH3 is 1. The van der Waals surface area contributed by atoms with E-state index in [1.807, 2.05) is 0 Å². The number of rotatable bonds is 4. The standard InChI is InChI=1S/C10H14N4O2S/c1-16-8-4-3-7-9(13-8)14(10(11)12-7)5-6-17(2)15/h3-4H,5-6H2,1-2H3,(H2,11,12). The second kappa shape index (κ2) is 4.70. The quantitative estimate of drug-likeness (QED) is 0.854. The molecule has 0 aromatic carbocycles. The Labute approximate surface area is 101 Å². The van der Waals surface area contributed by atoms with E-state index < -0.39 is 10.8 Å². The highest BCUT2D eigenvalue weighted by Crippen LogP contribution is 2.19. The van der Waals surface area contributed by atoms with Gasteiger partial charge in [-0.15, -0.1) is 0 Å². The third-order valence-electron chi connectivity index (χ3n) is 2.41. The number of ether oxygens (including phenoxy) is 1. The summed E-state index contributed by atoms with van der Waals surface area (Å²) in [6, 6.07) is 3.54. The van der Waals surface area contributed by atoms with E-state index in [1.54, 1.807) is 30.1 Å². The Morgan fingerprint density at radius 1 is 1.47 bits per heavy atom. The van der Waals surface area contributed by atoms with E-state index >= 15 is 0 Å². The number of nitrogens with two attached hydrogens (primary N) is 1. The molecule has 17 heavy (non-hydrogen) atoms. The molecule has 1 unspecified atom stereocenters. The lowest BCUT2D eigenvalue weighted by molar-refractivity contribution is 0.399. The van der Waals surface area contributed by atoms with E-state index in [1.165, 1.54) is 0 Å². The number of fused-ring (bicyclic) bond motifs is 1. The lowest BCUT2D eigenvalue weighted by Gasteiger charge is -2.04. The first-order valence-corrected chi connectivity index (χ1v) is 6.81. The Bertz CT molecular complexity index is 567. The van der Waals surface area contributed by atoms with E-state index in [2.05, 4.69) is 9.97 Å². The summed E-state index contributed by atoms with van der Waals surface area (Å²) in [5, 5.41) is 0. The number of hydrogen-bond acceptors (Lipinski definition) is 5. The number of hydrogen-bond donors (Lipinski definition) is 1. The first-order valence-electron chi connectivity index (χ1n) is 5.08. The van der Waals surface area contributed by atoms with Crippen LogP contribution in [0.4, 0.5) is 5.95 Å². The Morgan fingerprint density at radius 3 is 2.88 bits per heavy atom. The molecule has 0 aliphatic carbocycles. The zero-order chi connectivity index (χ0) is 12.4. The van der Waals surface area contributed by atoms with Crippen molar-refractivity contribution < 1.29 is 8.95 Å². The van der Waals surface area contributed by atoms with Gasteiger partial charge in [-0.05, 0) is 6.07 Å². The second-order valence-electron chi connectivity index (χ2n) is 3.60. The minimum Gasteiger partial charge on any atom is -0.481 e. The van der Waals surface area contributed by atoms with Crippen molar-refractivity contribution in [2.75, 3.05) is 24.9 Å². The maximum absolute atomic E-state index is 11.1. The zero-order valence-electron chi connectivity index (χ0n) is 9.71. The monoisotopic (exact) mass is 254 g/mol. The van der Waals surface area contributed by atoms with E-state index in [-0.39, 0.29) is 0 Å². The topological polar surface area (TPSA) is 83.0 Å². The highest BCUT2D eigenvalue weighted by atomic mass is 32.2. The molecule has 0 radical (unpaired) electrons. The Balaban J connectivity index is 2.44. The van der Waals surface area contributed by atoms with Gasteiger partial charge in [-0.1, -0.05) is 0 Å². The SMILES string of the molecule is COc1ccc2nc(N)n(CCS(C)=O)c2n1. The molecule has 0 saturated carbocycles. The van der Waals surface area contributed by atoms with Crippen LogP contribution in [0.3, 0.4) is 0 Å². The molecule has 0 spiro atoms. The van der Waals surface area contributed by atoms with Crippen LogP contribution in [0.5, 0.6) is 5.88 Å². The Kier molecular flexibility index (Phi) is 3.28. The summed E-state index contributed by atoms with van der Waals surface area (Å²) in [4.78, 5) is 8.48. The highest BCUT2D eigenvalue weighted by molar-refractivity contribution is 7.84. The summed E-state index contributed by atoms with van der Waals surface area (Å²) in [5.74, 6) is 1.41. The Hall–Kier alpha value is -1.63. The predicted octanol–water partition coefficient (Wildman–Crippen LogP) is 0.401. The van der Waals surface area contributed by atoms with E-state index in [9.17, 15) is 4.21 Å². The molecule has 2 aromatic heterocycles. The van der Waals surface area contributed by atoms with Gasteiger partial charge >= 0.3 is 0 Å². The molecule has 2 heterocycles. The van der Waals surface area contributed by atoms with Gasteiger partial charge in [0, 0.05) is 35.4 Å². The maximum Gasteiger partial charge on any atom is 0.215 e. The summed E-state index contributed by atoms with van der Waals surface area (Å²) < 4.78 is 17.9. The smallest absolute Gasteiger partial charge is 0.215 e. The third-order valence-corrected chi connectivity index (χ3v) is 3.17. The van der Waals surface area contributed by atoms with Crippen molar-refractivity contribution in [2.45, 2.75) is 6.54 Å². The van der Waals surface area contributed by atoms with Crippen LogP contribution >= 0.6 is 0 Å². The van der Waals surface area contributed by atoms with Crippen molar-refractivity contribution in [2.24, 2.45) is 0 Å². The van der Waals surface area contributed by atoms with Gasteiger partial charge in [-0.2, -0.15) is 4.98 Å². The van der Waals surface area contributed by atoms with Gasteiger partial charge in [0.05, 0.1) is 7.11 Å². The van der Waals surface area contributed by atoms with Crippen molar-refractivity contribution in [3.05, 3.63) is 12.1 Å². The molecule has 0 aliphatic rings. The average Bonchev–Trinajstić information content (AvgIpc) is 2.61. The first kappa shape index (κ1) is 11.8. The van der Waals surface area contributed by atoms with Crippen LogP contribution in [-0.4, -0.2) is 37.9 Å². The van der Waals surface area contributed by atoms with Crippen LogP contribution in [0.25, 0.3) is 11.2 Å². The molecule has 1 atom stereocenters. The predicted molar refractivity (Wildman–Crippen MR) is 67.4 cm³/mol. The number of aryl methyl sites for hydroxylation is 1. The third kappa shape index (κ3) is 2.38. The Morgan fingerprint density at radius 2 is 2.24 bits per heavy atom. The van der Waals surface area contributed by atoms with Gasteiger partial charge in [0.1, 0.15) is 5.52 Å². The molecule has 0 fully saturated rings. The van der Waals surface area contributed by atoms with Gasteiger partial charge in [-0.3, -0.25) is 8.78 Å². The fourth-order valence-corrected chi connectivity index (χ4v) is 2.00. The number of nitrogen functional groups attached to an aromatic ring is 1. The molecule has 6 nitrogen and oxygen atoms in total. The number of imidazole rings is 1. The molecule has 92 valence electrons. The minimum absolute atomic E-state index is 0.381. The van der Waals surface area contributed by atoms with Crippen molar-refractivity contribution in [1.29, 1.82) is 0 Å². The fourth-order valence-electron chi connectivity index (χ4n) is 1.56. The van der Waals surface area contributed by atoms with Crippen molar-refractivity contribution in [3.8, 4) is 5.88 Å². The van der Waals surface area contributed by atoms with Crippen LogP contribution in [0.2, 0.25) is 0 Å². The number of aromatic nitrogens is 3. The van der Waals surface area contributed by atoms with Gasteiger partial charge in [0.25, 0.3) is 0 Å². The summed E-state index contributed by atoms with van der Waals surface area (Å²) in [6.45, 7) is 0.533. The lowest BCUT2D eigenvalue weighted by Crippen LogP contribution is -2.10. The van der Waals surface area contributed by atoms with Gasteiger partial charge < -0.3 is 10.5 Å². The normalized spacial score (nSPS) is 12.8. The van der Waals surface area contributed by atoms with Crippen LogP contribution in [0.1, 0.15) is 0 Å². The summed E-state index contributed by atoms with van der Waals surface area (Å²) in [5.41, 5.74) is 7.18. The van der Waals surface area contributed by atoms with Crippen molar-refractivity contribution in [3.63, 3.8) is 0 Å². The summed E-state index contributed by atoms with van der Waals surface area (Å²) >= 11 is 0. The van der Waals surface area contributed by atoms with E-state index in [0.29, 0.717) is 35.3 Å². The molecular weight excluding hydrogens is 240 g/mol. The van der Waals surface area contributed by atoms with E-state index in [4.69, 9.17) is 10.5 Å². The number of anilines is 1. The lowest BCUT2D eigenvalue weighted by atomic mass is 10.4. The van der Waals surface area contributed by atoms with Crippen molar-refractivity contribution in [1.82, 2.24) is 14.5 Å². The zero-order valence-corrected chi connectivity index (χ0v) is 10.5. The largest absolute Gasteiger partial charge is 0.481 e. The molecular formula is C10H14N4O2S. The molecule has 2 aromatic rings.